The molecule has 0 spiro atoms. The zero-order valence-corrected chi connectivity index (χ0v) is 17.3. The molecule has 4 rings (SSSR count). The Kier molecular flexibility index (Phi) is 4.82. The Morgan fingerprint density at radius 2 is 1.75 bits per heavy atom. The first kappa shape index (κ1) is 18.5. The van der Waals surface area contributed by atoms with Crippen LogP contribution < -0.4 is 4.90 Å². The SMILES string of the molecule is COC(=O)c1ccc2cc(-c3cc4ccccc4s3)c(N(C)C(C)C)cc2c1. The van der Waals surface area contributed by atoms with E-state index in [4.69, 9.17) is 4.74 Å². The van der Waals surface area contributed by atoms with E-state index in [0.29, 0.717) is 11.6 Å². The summed E-state index contributed by atoms with van der Waals surface area (Å²) in [4.78, 5) is 15.5. The van der Waals surface area contributed by atoms with E-state index in [9.17, 15) is 4.79 Å². The van der Waals surface area contributed by atoms with Crippen molar-refractivity contribution < 1.29 is 9.53 Å². The van der Waals surface area contributed by atoms with Gasteiger partial charge in [0.15, 0.2) is 0 Å². The van der Waals surface area contributed by atoms with Crippen molar-refractivity contribution >= 4 is 43.9 Å². The fourth-order valence-electron chi connectivity index (χ4n) is 3.41. The minimum atomic E-state index is -0.311. The number of carbonyl (C=O) groups excluding carboxylic acids is 1. The maximum absolute atomic E-state index is 11.9. The van der Waals surface area contributed by atoms with Crippen LogP contribution in [0.1, 0.15) is 24.2 Å². The van der Waals surface area contributed by atoms with Crippen LogP contribution in [0.15, 0.2) is 60.7 Å². The first-order valence-electron chi connectivity index (χ1n) is 9.36. The largest absolute Gasteiger partial charge is 0.465 e. The number of methoxy groups -OCH3 is 1. The minimum absolute atomic E-state index is 0.311. The highest BCUT2D eigenvalue weighted by atomic mass is 32.1. The summed E-state index contributed by atoms with van der Waals surface area (Å²) in [6, 6.07) is 21.3. The summed E-state index contributed by atoms with van der Waals surface area (Å²) in [5.74, 6) is -0.311. The monoisotopic (exact) mass is 389 g/mol. The number of ether oxygens (including phenoxy) is 1. The van der Waals surface area contributed by atoms with Crippen LogP contribution in [0.4, 0.5) is 5.69 Å². The lowest BCUT2D eigenvalue weighted by atomic mass is 10.00. The van der Waals surface area contributed by atoms with Crippen molar-refractivity contribution in [1.82, 2.24) is 0 Å². The first-order valence-corrected chi connectivity index (χ1v) is 10.2. The molecule has 0 fully saturated rings. The third kappa shape index (κ3) is 3.25. The number of hydrogen-bond acceptors (Lipinski definition) is 4. The Labute approximate surface area is 169 Å². The molecule has 0 saturated heterocycles. The normalized spacial score (nSPS) is 11.3. The summed E-state index contributed by atoms with van der Waals surface area (Å²) < 4.78 is 6.17. The second-order valence-corrected chi connectivity index (χ2v) is 8.36. The van der Waals surface area contributed by atoms with Crippen LogP contribution >= 0.6 is 11.3 Å². The highest BCUT2D eigenvalue weighted by Crippen LogP contribution is 2.41. The molecule has 3 aromatic carbocycles. The van der Waals surface area contributed by atoms with Crippen LogP contribution in [0.2, 0.25) is 0 Å². The van der Waals surface area contributed by atoms with Crippen molar-refractivity contribution in [2.75, 3.05) is 19.1 Å². The molecule has 0 bridgehead atoms. The molecule has 0 atom stereocenters. The average Bonchev–Trinajstić information content (AvgIpc) is 3.15. The van der Waals surface area contributed by atoms with Crippen LogP contribution in [-0.4, -0.2) is 26.2 Å². The van der Waals surface area contributed by atoms with Crippen molar-refractivity contribution in [2.45, 2.75) is 19.9 Å². The molecule has 0 aliphatic rings. The Balaban J connectivity index is 1.95. The van der Waals surface area contributed by atoms with Crippen LogP contribution in [0.3, 0.4) is 0 Å². The quantitative estimate of drug-likeness (QED) is 0.381. The Morgan fingerprint density at radius 3 is 2.46 bits per heavy atom. The van der Waals surface area contributed by atoms with Gasteiger partial charge in [0.05, 0.1) is 12.7 Å². The third-order valence-corrected chi connectivity index (χ3v) is 6.37. The molecule has 4 aromatic rings. The van der Waals surface area contributed by atoms with E-state index in [0.717, 1.165) is 16.5 Å². The lowest BCUT2D eigenvalue weighted by molar-refractivity contribution is 0.0601. The summed E-state index contributed by atoms with van der Waals surface area (Å²) in [5.41, 5.74) is 2.95. The first-order chi connectivity index (χ1) is 13.5. The number of carbonyl (C=O) groups is 1. The Bertz CT molecular complexity index is 1140. The molecule has 0 amide bonds. The number of anilines is 1. The van der Waals surface area contributed by atoms with E-state index in [2.05, 4.69) is 68.3 Å². The molecule has 4 heteroatoms. The van der Waals surface area contributed by atoms with Crippen LogP contribution in [0.25, 0.3) is 31.3 Å². The zero-order chi connectivity index (χ0) is 19.8. The van der Waals surface area contributed by atoms with E-state index in [1.54, 1.807) is 0 Å². The van der Waals surface area contributed by atoms with E-state index >= 15 is 0 Å². The van der Waals surface area contributed by atoms with Crippen molar-refractivity contribution in [3.8, 4) is 10.4 Å². The van der Waals surface area contributed by atoms with E-state index in [1.807, 2.05) is 29.5 Å². The second-order valence-electron chi connectivity index (χ2n) is 7.28. The van der Waals surface area contributed by atoms with Gasteiger partial charge in [0.2, 0.25) is 0 Å². The molecular weight excluding hydrogens is 366 g/mol. The summed E-state index contributed by atoms with van der Waals surface area (Å²) in [7, 11) is 3.53. The van der Waals surface area contributed by atoms with Crippen molar-refractivity contribution in [1.29, 1.82) is 0 Å². The molecule has 1 aromatic heterocycles. The number of thiophene rings is 1. The fourth-order valence-corrected chi connectivity index (χ4v) is 4.50. The predicted octanol–water partition coefficient (Wildman–Crippen LogP) is 6.35. The van der Waals surface area contributed by atoms with Gasteiger partial charge in [-0.15, -0.1) is 11.3 Å². The smallest absolute Gasteiger partial charge is 0.337 e. The molecule has 0 N–H and O–H groups in total. The molecule has 0 aliphatic heterocycles. The predicted molar refractivity (Wildman–Crippen MR) is 120 cm³/mol. The second kappa shape index (κ2) is 7.28. The number of hydrogen-bond donors (Lipinski definition) is 0. The number of fused-ring (bicyclic) bond motifs is 2. The van der Waals surface area contributed by atoms with Gasteiger partial charge < -0.3 is 9.64 Å². The number of nitrogens with zero attached hydrogens (tertiary/aromatic N) is 1. The van der Waals surface area contributed by atoms with Gasteiger partial charge in [-0.25, -0.2) is 4.79 Å². The maximum Gasteiger partial charge on any atom is 0.337 e. The molecule has 28 heavy (non-hydrogen) atoms. The van der Waals surface area contributed by atoms with Gasteiger partial charge in [-0.3, -0.25) is 0 Å². The number of esters is 1. The van der Waals surface area contributed by atoms with Gasteiger partial charge in [0, 0.05) is 33.9 Å². The van der Waals surface area contributed by atoms with E-state index in [-0.39, 0.29) is 5.97 Å². The molecule has 0 unspecified atom stereocenters. The van der Waals surface area contributed by atoms with Gasteiger partial charge >= 0.3 is 5.97 Å². The number of rotatable bonds is 4. The number of benzene rings is 3. The Morgan fingerprint density at radius 1 is 0.964 bits per heavy atom. The minimum Gasteiger partial charge on any atom is -0.465 e. The molecule has 3 nitrogen and oxygen atoms in total. The van der Waals surface area contributed by atoms with Gasteiger partial charge in [0.1, 0.15) is 0 Å². The molecular formula is C24H23NO2S. The molecule has 142 valence electrons. The van der Waals surface area contributed by atoms with E-state index in [1.165, 1.54) is 27.6 Å². The standard InChI is InChI=1S/C24H23NO2S/c1-15(2)25(3)21-13-19-11-18(24(26)27-4)10-9-16(19)12-20(21)23-14-17-7-5-6-8-22(17)28-23/h5-15H,1-4H3. The Hall–Kier alpha value is -2.85. The molecule has 0 aliphatic carbocycles. The van der Waals surface area contributed by atoms with Gasteiger partial charge in [-0.05, 0) is 66.4 Å². The van der Waals surface area contributed by atoms with Crippen LogP contribution in [0.5, 0.6) is 0 Å². The molecule has 0 radical (unpaired) electrons. The van der Waals surface area contributed by atoms with Crippen molar-refractivity contribution in [3.05, 3.63) is 66.2 Å². The summed E-state index contributed by atoms with van der Waals surface area (Å²) in [6.45, 7) is 4.37. The lowest BCUT2D eigenvalue weighted by Gasteiger charge is -2.27. The maximum atomic E-state index is 11.9. The average molecular weight is 390 g/mol. The molecule has 1 heterocycles. The third-order valence-electron chi connectivity index (χ3n) is 5.22. The van der Waals surface area contributed by atoms with Gasteiger partial charge in [-0.1, -0.05) is 24.3 Å². The fraction of sp³-hybridized carbons (Fsp3) is 0.208. The summed E-state index contributed by atoms with van der Waals surface area (Å²) in [6.07, 6.45) is 0. The highest BCUT2D eigenvalue weighted by molar-refractivity contribution is 7.22. The summed E-state index contributed by atoms with van der Waals surface area (Å²) >= 11 is 1.81. The van der Waals surface area contributed by atoms with E-state index < -0.39 is 0 Å². The van der Waals surface area contributed by atoms with Gasteiger partial charge in [-0.2, -0.15) is 0 Å². The zero-order valence-electron chi connectivity index (χ0n) is 16.5. The molecule has 0 saturated carbocycles. The van der Waals surface area contributed by atoms with Crippen LogP contribution in [-0.2, 0) is 4.74 Å². The summed E-state index contributed by atoms with van der Waals surface area (Å²) in [5, 5.41) is 3.41. The topological polar surface area (TPSA) is 29.5 Å². The van der Waals surface area contributed by atoms with Crippen LogP contribution in [0, 0.1) is 0 Å². The lowest BCUT2D eigenvalue weighted by Crippen LogP contribution is -2.26. The van der Waals surface area contributed by atoms with Crippen molar-refractivity contribution in [2.24, 2.45) is 0 Å². The van der Waals surface area contributed by atoms with Gasteiger partial charge in [0.25, 0.3) is 0 Å². The van der Waals surface area contributed by atoms with Crippen molar-refractivity contribution in [3.63, 3.8) is 0 Å². The highest BCUT2D eigenvalue weighted by Gasteiger charge is 2.16.